The number of nitro groups is 1. The summed E-state index contributed by atoms with van der Waals surface area (Å²) in [6.45, 7) is 0.306. The number of rotatable bonds is 5. The van der Waals surface area contributed by atoms with E-state index in [2.05, 4.69) is 11.3 Å². The highest BCUT2D eigenvalue weighted by Gasteiger charge is 2.25. The van der Waals surface area contributed by atoms with Gasteiger partial charge >= 0.3 is 12.3 Å². The van der Waals surface area contributed by atoms with Crippen LogP contribution in [-0.4, -0.2) is 18.6 Å². The van der Waals surface area contributed by atoms with Crippen molar-refractivity contribution in [1.29, 1.82) is 0 Å². The second kappa shape index (κ2) is 5.24. The van der Waals surface area contributed by atoms with Crippen LogP contribution >= 0.6 is 0 Å². The van der Waals surface area contributed by atoms with Gasteiger partial charge in [0.05, 0.1) is 17.6 Å². The van der Waals surface area contributed by atoms with E-state index in [1.165, 1.54) is 12.1 Å². The molecule has 1 aromatic rings. The van der Waals surface area contributed by atoms with Gasteiger partial charge in [-0.05, 0) is 12.1 Å². The highest BCUT2D eigenvalue weighted by Crippen LogP contribution is 2.40. The zero-order valence-electron chi connectivity index (χ0n) is 8.85. The van der Waals surface area contributed by atoms with Crippen molar-refractivity contribution in [3.8, 4) is 11.5 Å². The van der Waals surface area contributed by atoms with Gasteiger partial charge in [0.2, 0.25) is 5.75 Å². The van der Waals surface area contributed by atoms with Crippen molar-refractivity contribution in [2.45, 2.75) is 6.61 Å². The molecule has 17 heavy (non-hydrogen) atoms. The van der Waals surface area contributed by atoms with Crippen LogP contribution in [0.5, 0.6) is 11.5 Å². The average molecular weight is 245 g/mol. The van der Waals surface area contributed by atoms with Gasteiger partial charge in [0, 0.05) is 0 Å². The second-order valence-electron chi connectivity index (χ2n) is 2.87. The monoisotopic (exact) mass is 245 g/mol. The Balaban J connectivity index is 3.40. The Morgan fingerprint density at radius 3 is 2.59 bits per heavy atom. The molecule has 0 fully saturated rings. The predicted octanol–water partition coefficient (Wildman–Crippen LogP) is 2.85. The number of nitro benzene ring substituents is 1. The molecule has 0 N–H and O–H groups in total. The lowest BCUT2D eigenvalue weighted by Gasteiger charge is -2.11. The quantitative estimate of drug-likeness (QED) is 0.591. The van der Waals surface area contributed by atoms with Crippen molar-refractivity contribution in [1.82, 2.24) is 0 Å². The lowest BCUT2D eigenvalue weighted by molar-refractivity contribution is -0.386. The molecule has 1 aromatic carbocycles. The lowest BCUT2D eigenvalue weighted by atomic mass is 10.1. The molecule has 0 amide bonds. The van der Waals surface area contributed by atoms with E-state index < -0.39 is 17.2 Å². The van der Waals surface area contributed by atoms with Crippen molar-refractivity contribution >= 4 is 11.8 Å². The maximum atomic E-state index is 12.1. The Morgan fingerprint density at radius 1 is 1.53 bits per heavy atom. The highest BCUT2D eigenvalue weighted by molar-refractivity contribution is 5.69. The third-order valence-corrected chi connectivity index (χ3v) is 1.95. The van der Waals surface area contributed by atoms with Crippen LogP contribution in [-0.2, 0) is 0 Å². The molecule has 0 aliphatic heterocycles. The van der Waals surface area contributed by atoms with Gasteiger partial charge in [-0.3, -0.25) is 10.1 Å². The summed E-state index contributed by atoms with van der Waals surface area (Å²) in [5.41, 5.74) is -0.297. The molecule has 0 heterocycles. The largest absolute Gasteiger partial charge is 0.488 e. The van der Waals surface area contributed by atoms with Crippen LogP contribution in [0.25, 0.3) is 6.08 Å². The van der Waals surface area contributed by atoms with Gasteiger partial charge in [-0.15, -0.1) is 0 Å². The maximum absolute atomic E-state index is 12.1. The lowest BCUT2D eigenvalue weighted by Crippen LogP contribution is -2.05. The molecule has 5 nitrogen and oxygen atoms in total. The second-order valence-corrected chi connectivity index (χ2v) is 2.87. The number of alkyl halides is 2. The predicted molar refractivity (Wildman–Crippen MR) is 56.4 cm³/mol. The summed E-state index contributed by atoms with van der Waals surface area (Å²) in [5.74, 6) is -0.743. The number of halogens is 2. The molecule has 0 aromatic heterocycles. The molecular weight excluding hydrogens is 236 g/mol. The molecule has 0 bridgehead atoms. The normalized spacial score (nSPS) is 10.1. The number of hydrogen-bond acceptors (Lipinski definition) is 4. The summed E-state index contributed by atoms with van der Waals surface area (Å²) in [6.07, 6.45) is 1.23. The fourth-order valence-corrected chi connectivity index (χ4v) is 1.31. The van der Waals surface area contributed by atoms with Crippen LogP contribution in [0.1, 0.15) is 5.56 Å². The van der Waals surface area contributed by atoms with Gasteiger partial charge in [0.25, 0.3) is 0 Å². The van der Waals surface area contributed by atoms with Gasteiger partial charge < -0.3 is 9.47 Å². The zero-order valence-corrected chi connectivity index (χ0v) is 8.85. The van der Waals surface area contributed by atoms with E-state index in [1.807, 2.05) is 0 Å². The summed E-state index contributed by atoms with van der Waals surface area (Å²) >= 11 is 0. The number of benzene rings is 1. The fraction of sp³-hybridized carbons (Fsp3) is 0.200. The first-order valence-corrected chi connectivity index (χ1v) is 4.43. The SMILES string of the molecule is C=Cc1ccc(OC(F)F)c(OC)c1[N+](=O)[O-]. The summed E-state index contributed by atoms with van der Waals surface area (Å²) in [6, 6.07) is 2.42. The molecule has 0 aliphatic rings. The van der Waals surface area contributed by atoms with E-state index in [1.54, 1.807) is 0 Å². The first-order chi connectivity index (χ1) is 8.01. The van der Waals surface area contributed by atoms with Crippen molar-refractivity contribution in [3.05, 3.63) is 34.4 Å². The molecule has 0 saturated carbocycles. The Labute approximate surface area is 95.4 Å². The molecule has 0 radical (unpaired) electrons. The van der Waals surface area contributed by atoms with Crippen molar-refractivity contribution in [2.75, 3.05) is 7.11 Å². The van der Waals surface area contributed by atoms with E-state index in [-0.39, 0.29) is 17.1 Å². The Hall–Kier alpha value is -2.18. The molecule has 7 heteroatoms. The summed E-state index contributed by atoms with van der Waals surface area (Å²) in [5, 5.41) is 10.8. The third kappa shape index (κ3) is 2.68. The molecule has 0 aliphatic carbocycles. The number of nitrogens with zero attached hydrogens (tertiary/aromatic N) is 1. The van der Waals surface area contributed by atoms with E-state index in [0.29, 0.717) is 0 Å². The third-order valence-electron chi connectivity index (χ3n) is 1.95. The minimum atomic E-state index is -3.09. The van der Waals surface area contributed by atoms with Gasteiger partial charge in [-0.25, -0.2) is 0 Å². The fourth-order valence-electron chi connectivity index (χ4n) is 1.31. The number of ether oxygens (including phenoxy) is 2. The van der Waals surface area contributed by atoms with E-state index in [0.717, 1.165) is 13.2 Å². The molecule has 0 saturated heterocycles. The van der Waals surface area contributed by atoms with Crippen molar-refractivity contribution < 1.29 is 23.2 Å². The Morgan fingerprint density at radius 2 is 2.18 bits per heavy atom. The van der Waals surface area contributed by atoms with Crippen LogP contribution in [0.4, 0.5) is 14.5 Å². The maximum Gasteiger partial charge on any atom is 0.387 e. The summed E-state index contributed by atoms with van der Waals surface area (Å²) in [7, 11) is 1.13. The summed E-state index contributed by atoms with van der Waals surface area (Å²) < 4.78 is 33.0. The smallest absolute Gasteiger partial charge is 0.387 e. The van der Waals surface area contributed by atoms with Crippen molar-refractivity contribution in [2.24, 2.45) is 0 Å². The molecule has 92 valence electrons. The van der Waals surface area contributed by atoms with Gasteiger partial charge in [0.1, 0.15) is 0 Å². The average Bonchev–Trinajstić information content (AvgIpc) is 2.27. The summed E-state index contributed by atoms with van der Waals surface area (Å²) in [4.78, 5) is 10.1. The molecule has 0 atom stereocenters. The van der Waals surface area contributed by atoms with E-state index in [4.69, 9.17) is 4.74 Å². The number of methoxy groups -OCH3 is 1. The van der Waals surface area contributed by atoms with Gasteiger partial charge in [-0.2, -0.15) is 8.78 Å². The number of hydrogen-bond donors (Lipinski definition) is 0. The van der Waals surface area contributed by atoms with Crippen molar-refractivity contribution in [3.63, 3.8) is 0 Å². The first kappa shape index (κ1) is 12.9. The first-order valence-electron chi connectivity index (χ1n) is 4.43. The van der Waals surface area contributed by atoms with Crippen LogP contribution < -0.4 is 9.47 Å². The minimum Gasteiger partial charge on any atom is -0.488 e. The van der Waals surface area contributed by atoms with Crippen LogP contribution in [0, 0.1) is 10.1 Å². The molecular formula is C10H9F2NO4. The zero-order chi connectivity index (χ0) is 13.0. The van der Waals surface area contributed by atoms with E-state index >= 15 is 0 Å². The Kier molecular flexibility index (Phi) is 3.97. The Bertz CT molecular complexity index is 448. The molecule has 0 unspecified atom stereocenters. The molecule has 0 spiro atoms. The van der Waals surface area contributed by atoms with E-state index in [9.17, 15) is 18.9 Å². The van der Waals surface area contributed by atoms with Crippen LogP contribution in [0.3, 0.4) is 0 Å². The van der Waals surface area contributed by atoms with Crippen LogP contribution in [0.2, 0.25) is 0 Å². The standard InChI is InChI=1S/C10H9F2NO4/c1-3-6-4-5-7(17-10(11)12)9(16-2)8(6)13(14)15/h3-5,10H,1H2,2H3. The minimum absolute atomic E-state index is 0.161. The van der Waals surface area contributed by atoms with Gasteiger partial charge in [0.15, 0.2) is 5.75 Å². The van der Waals surface area contributed by atoms with Gasteiger partial charge in [-0.1, -0.05) is 12.7 Å². The highest BCUT2D eigenvalue weighted by atomic mass is 19.3. The van der Waals surface area contributed by atoms with Crippen LogP contribution in [0.15, 0.2) is 18.7 Å². The topological polar surface area (TPSA) is 61.6 Å². The molecule has 1 rings (SSSR count).